The van der Waals surface area contributed by atoms with E-state index in [0.29, 0.717) is 10.6 Å². The maximum atomic E-state index is 14.1. The van der Waals surface area contributed by atoms with Gasteiger partial charge in [-0.3, -0.25) is 0 Å². The molecule has 3 nitrogen and oxygen atoms in total. The van der Waals surface area contributed by atoms with E-state index < -0.39 is 45.7 Å². The summed E-state index contributed by atoms with van der Waals surface area (Å²) < 4.78 is 67.6. The highest BCUT2D eigenvalue weighted by molar-refractivity contribution is 7.97. The van der Waals surface area contributed by atoms with Gasteiger partial charge in [-0.15, -0.1) is 0 Å². The molecule has 41 heavy (non-hydrogen) atoms. The van der Waals surface area contributed by atoms with Gasteiger partial charge in [0, 0.05) is 36.4 Å². The molecule has 0 atom stereocenters. The highest BCUT2D eigenvalue weighted by atomic mass is 32.2. The molecule has 0 amide bonds. The second-order valence-corrected chi connectivity index (χ2v) is 13.1. The van der Waals surface area contributed by atoms with E-state index >= 15 is 0 Å². The van der Waals surface area contributed by atoms with Gasteiger partial charge in [-0.05, 0) is 54.7 Å². The Kier molecular flexibility index (Phi) is 8.83. The van der Waals surface area contributed by atoms with Crippen molar-refractivity contribution in [2.24, 2.45) is 0 Å². The van der Waals surface area contributed by atoms with Crippen molar-refractivity contribution in [3.63, 3.8) is 0 Å². The van der Waals surface area contributed by atoms with Crippen molar-refractivity contribution in [1.29, 1.82) is 0 Å². The van der Waals surface area contributed by atoms with E-state index in [1.54, 1.807) is 38.1 Å². The van der Waals surface area contributed by atoms with Crippen LogP contribution >= 0.6 is 0 Å². The first kappa shape index (κ1) is 30.2. The van der Waals surface area contributed by atoms with Gasteiger partial charge in [0.05, 0.1) is 10.9 Å². The normalized spacial score (nSPS) is 12.0. The number of ether oxygens (including phenoxy) is 2. The van der Waals surface area contributed by atoms with Gasteiger partial charge in [0.15, 0.2) is 21.3 Å². The van der Waals surface area contributed by atoms with Gasteiger partial charge in [0.1, 0.15) is 34.6 Å². The molecule has 0 N–H and O–H groups in total. The summed E-state index contributed by atoms with van der Waals surface area (Å²) in [4.78, 5) is 13.6. The maximum absolute atomic E-state index is 14.1. The molecule has 0 radical (unpaired) electrons. The summed E-state index contributed by atoms with van der Waals surface area (Å²) in [6, 6.07) is 20.3. The van der Waals surface area contributed by atoms with Crippen molar-refractivity contribution in [3.05, 3.63) is 119 Å². The standard InChI is InChI=1S/C33H31F4O3S/c1-32(2,3)21-6-8-22(9-7-21)33(4,5)40-31(38)20-39-27-10-12-28(13-11-27)41(29-16-23(34)14-24(35)17-29)30-18-25(36)15-26(37)19-30/h6-19H,20H2,1-5H3/q+1. The van der Waals surface area contributed by atoms with Crippen LogP contribution in [0.15, 0.2) is 99.6 Å². The molecule has 0 aliphatic carbocycles. The summed E-state index contributed by atoms with van der Waals surface area (Å²) in [5, 5.41) is 0. The van der Waals surface area contributed by atoms with E-state index in [4.69, 9.17) is 9.47 Å². The molecule has 4 aromatic carbocycles. The molecule has 4 rings (SSSR count). The van der Waals surface area contributed by atoms with Crippen molar-refractivity contribution in [3.8, 4) is 5.75 Å². The number of esters is 1. The van der Waals surface area contributed by atoms with E-state index in [1.165, 1.54) is 5.56 Å². The first-order valence-electron chi connectivity index (χ1n) is 12.9. The third kappa shape index (κ3) is 7.70. The Hall–Kier alpha value is -3.78. The van der Waals surface area contributed by atoms with Crippen LogP contribution in [0.1, 0.15) is 45.7 Å². The zero-order valence-corrected chi connectivity index (χ0v) is 24.3. The van der Waals surface area contributed by atoms with Gasteiger partial charge in [-0.1, -0.05) is 45.0 Å². The third-order valence-electron chi connectivity index (χ3n) is 6.37. The average Bonchev–Trinajstić information content (AvgIpc) is 2.87. The molecule has 0 heterocycles. The van der Waals surface area contributed by atoms with Crippen molar-refractivity contribution in [1.82, 2.24) is 0 Å². The number of hydrogen-bond donors (Lipinski definition) is 0. The first-order chi connectivity index (χ1) is 19.2. The van der Waals surface area contributed by atoms with Gasteiger partial charge in [0.25, 0.3) is 0 Å². The summed E-state index contributed by atoms with van der Waals surface area (Å²) >= 11 is 0. The molecule has 0 saturated carbocycles. The van der Waals surface area contributed by atoms with E-state index in [1.807, 2.05) is 24.3 Å². The number of benzene rings is 4. The van der Waals surface area contributed by atoms with Gasteiger partial charge in [-0.25, -0.2) is 22.4 Å². The van der Waals surface area contributed by atoms with Crippen LogP contribution < -0.4 is 4.74 Å². The molecule has 4 aromatic rings. The monoisotopic (exact) mass is 583 g/mol. The van der Waals surface area contributed by atoms with Gasteiger partial charge < -0.3 is 9.47 Å². The summed E-state index contributed by atoms with van der Waals surface area (Å²) in [6.07, 6.45) is 0. The summed E-state index contributed by atoms with van der Waals surface area (Å²) in [7, 11) is -1.23. The van der Waals surface area contributed by atoms with E-state index in [2.05, 4.69) is 20.8 Å². The fourth-order valence-corrected chi connectivity index (χ4v) is 6.41. The van der Waals surface area contributed by atoms with Crippen molar-refractivity contribution >= 4 is 16.9 Å². The Labute approximate surface area is 240 Å². The lowest BCUT2D eigenvalue weighted by Crippen LogP contribution is -2.28. The predicted molar refractivity (Wildman–Crippen MR) is 151 cm³/mol. The van der Waals surface area contributed by atoms with Crippen LogP contribution in [-0.2, 0) is 31.4 Å². The Morgan fingerprint density at radius 2 is 1.07 bits per heavy atom. The highest BCUT2D eigenvalue weighted by Crippen LogP contribution is 2.34. The average molecular weight is 584 g/mol. The molecule has 0 spiro atoms. The Balaban J connectivity index is 1.48. The van der Waals surface area contributed by atoms with E-state index in [-0.39, 0.29) is 21.8 Å². The van der Waals surface area contributed by atoms with Crippen LogP contribution in [0, 0.1) is 23.3 Å². The molecule has 0 fully saturated rings. The van der Waals surface area contributed by atoms with E-state index in [9.17, 15) is 22.4 Å². The zero-order chi connectivity index (χ0) is 29.9. The Morgan fingerprint density at radius 3 is 1.51 bits per heavy atom. The molecule has 214 valence electrons. The molecule has 0 aliphatic heterocycles. The summed E-state index contributed by atoms with van der Waals surface area (Å²) in [5.41, 5.74) is 1.14. The maximum Gasteiger partial charge on any atom is 0.345 e. The van der Waals surface area contributed by atoms with Crippen LogP contribution in [0.3, 0.4) is 0 Å². The zero-order valence-electron chi connectivity index (χ0n) is 23.4. The minimum atomic E-state index is -1.23. The molecule has 0 aromatic heterocycles. The predicted octanol–water partition coefficient (Wildman–Crippen LogP) is 8.49. The lowest BCUT2D eigenvalue weighted by Gasteiger charge is -2.27. The summed E-state index contributed by atoms with van der Waals surface area (Å²) in [6.45, 7) is 9.63. The SMILES string of the molecule is CC(C)(C)c1ccc(C(C)(C)OC(=O)COc2ccc([S+](c3cc(F)cc(F)c3)c3cc(F)cc(F)c3)cc2)cc1. The number of carbonyl (C=O) groups is 1. The van der Waals surface area contributed by atoms with Crippen LogP contribution in [-0.4, -0.2) is 12.6 Å². The Bertz CT molecular complexity index is 1440. The molecular weight excluding hydrogens is 552 g/mol. The van der Waals surface area contributed by atoms with Gasteiger partial charge in [-0.2, -0.15) is 0 Å². The molecule has 0 bridgehead atoms. The number of rotatable bonds is 8. The summed E-state index contributed by atoms with van der Waals surface area (Å²) in [5.74, 6) is -3.44. The molecule has 0 unspecified atom stereocenters. The largest absolute Gasteiger partial charge is 0.482 e. The molecule has 0 saturated heterocycles. The minimum Gasteiger partial charge on any atom is -0.482 e. The lowest BCUT2D eigenvalue weighted by atomic mass is 9.85. The lowest BCUT2D eigenvalue weighted by molar-refractivity contribution is -0.159. The highest BCUT2D eigenvalue weighted by Gasteiger charge is 2.32. The smallest absolute Gasteiger partial charge is 0.345 e. The number of halogens is 4. The second-order valence-electron chi connectivity index (χ2n) is 11.1. The van der Waals surface area contributed by atoms with Crippen LogP contribution in [0.25, 0.3) is 0 Å². The quantitative estimate of drug-likeness (QED) is 0.119. The fraction of sp³-hybridized carbons (Fsp3) is 0.242. The van der Waals surface area contributed by atoms with Gasteiger partial charge in [0.2, 0.25) is 0 Å². The van der Waals surface area contributed by atoms with Crippen molar-refractivity contribution in [2.45, 2.75) is 60.3 Å². The molecule has 8 heteroatoms. The first-order valence-corrected chi connectivity index (χ1v) is 14.2. The van der Waals surface area contributed by atoms with Crippen LogP contribution in [0.5, 0.6) is 5.75 Å². The van der Waals surface area contributed by atoms with Crippen molar-refractivity contribution < 1.29 is 31.8 Å². The third-order valence-corrected chi connectivity index (χ3v) is 8.53. The van der Waals surface area contributed by atoms with E-state index in [0.717, 1.165) is 42.0 Å². The minimum absolute atomic E-state index is 0.00417. The Morgan fingerprint density at radius 1 is 0.634 bits per heavy atom. The van der Waals surface area contributed by atoms with Crippen LogP contribution in [0.2, 0.25) is 0 Å². The number of hydrogen-bond acceptors (Lipinski definition) is 3. The molecule has 0 aliphatic rings. The molecular formula is C33H31F4O3S+. The number of carbonyl (C=O) groups excluding carboxylic acids is 1. The van der Waals surface area contributed by atoms with Gasteiger partial charge >= 0.3 is 5.97 Å². The van der Waals surface area contributed by atoms with Crippen LogP contribution in [0.4, 0.5) is 17.6 Å². The van der Waals surface area contributed by atoms with Crippen molar-refractivity contribution in [2.75, 3.05) is 6.61 Å². The fourth-order valence-electron chi connectivity index (χ4n) is 4.26. The second kappa shape index (κ2) is 12.0. The topological polar surface area (TPSA) is 35.5 Å².